The molecule has 0 aromatic carbocycles. The number of likely N-dealkylation sites (tertiary alicyclic amines) is 1. The molecule has 0 radical (unpaired) electrons. The van der Waals surface area contributed by atoms with Gasteiger partial charge in [-0.15, -0.1) is 0 Å². The van der Waals surface area contributed by atoms with Crippen molar-refractivity contribution >= 4 is 18.0 Å². The van der Waals surface area contributed by atoms with Crippen LogP contribution in [0.5, 0.6) is 0 Å². The Kier molecular flexibility index (Phi) is 3.38. The Labute approximate surface area is 111 Å². The molecule has 19 heavy (non-hydrogen) atoms. The van der Waals surface area contributed by atoms with Crippen LogP contribution in [0.3, 0.4) is 0 Å². The summed E-state index contributed by atoms with van der Waals surface area (Å²) in [7, 11) is 1.49. The summed E-state index contributed by atoms with van der Waals surface area (Å²) in [5.74, 6) is -0.198. The van der Waals surface area contributed by atoms with E-state index in [1.807, 2.05) is 6.92 Å². The van der Waals surface area contributed by atoms with E-state index in [4.69, 9.17) is 5.11 Å². The smallest absolute Gasteiger partial charge is 0.407 e. The Morgan fingerprint density at radius 2 is 1.89 bits per heavy atom. The van der Waals surface area contributed by atoms with Crippen molar-refractivity contribution in [2.75, 3.05) is 26.7 Å². The fraction of sp³-hybridized carbons (Fsp3) is 0.750. The lowest BCUT2D eigenvalue weighted by Crippen LogP contribution is -2.57. The van der Waals surface area contributed by atoms with E-state index in [-0.39, 0.29) is 11.9 Å². The number of rotatable bonds is 2. The molecule has 0 saturated carbocycles. The molecule has 7 nitrogen and oxygen atoms in total. The fourth-order valence-corrected chi connectivity index (χ4v) is 2.96. The first-order valence-corrected chi connectivity index (χ1v) is 6.51. The van der Waals surface area contributed by atoms with Crippen LogP contribution in [0, 0.1) is 0 Å². The molecule has 2 fully saturated rings. The van der Waals surface area contributed by atoms with Gasteiger partial charge in [-0.2, -0.15) is 0 Å². The van der Waals surface area contributed by atoms with Crippen LogP contribution in [0.2, 0.25) is 0 Å². The third kappa shape index (κ3) is 1.93. The van der Waals surface area contributed by atoms with Gasteiger partial charge in [-0.3, -0.25) is 9.69 Å². The number of carbonyl (C=O) groups excluding carboxylic acids is 2. The summed E-state index contributed by atoms with van der Waals surface area (Å²) >= 11 is 0. The molecule has 1 N–H and O–H groups in total. The molecule has 0 unspecified atom stereocenters. The van der Waals surface area contributed by atoms with E-state index in [9.17, 15) is 14.4 Å². The molecule has 4 amide bonds. The number of carboxylic acid groups (broad SMARTS) is 1. The first kappa shape index (κ1) is 13.6. The Balaban J connectivity index is 2.23. The van der Waals surface area contributed by atoms with Crippen LogP contribution >= 0.6 is 0 Å². The summed E-state index contributed by atoms with van der Waals surface area (Å²) < 4.78 is 0. The largest absolute Gasteiger partial charge is 0.465 e. The summed E-state index contributed by atoms with van der Waals surface area (Å²) in [6.07, 6.45) is 0.571. The predicted molar refractivity (Wildman–Crippen MR) is 66.7 cm³/mol. The van der Waals surface area contributed by atoms with E-state index in [0.29, 0.717) is 32.5 Å². The van der Waals surface area contributed by atoms with Gasteiger partial charge in [0.25, 0.3) is 5.91 Å². The zero-order chi connectivity index (χ0) is 14.2. The van der Waals surface area contributed by atoms with E-state index in [2.05, 4.69) is 0 Å². The second-order valence-corrected chi connectivity index (χ2v) is 5.10. The molecule has 1 spiro atoms. The first-order chi connectivity index (χ1) is 8.94. The van der Waals surface area contributed by atoms with Crippen molar-refractivity contribution in [3.8, 4) is 0 Å². The van der Waals surface area contributed by atoms with E-state index >= 15 is 0 Å². The van der Waals surface area contributed by atoms with Crippen LogP contribution in [0.15, 0.2) is 0 Å². The van der Waals surface area contributed by atoms with Crippen LogP contribution in [-0.4, -0.2) is 70.1 Å². The van der Waals surface area contributed by atoms with Gasteiger partial charge in [0, 0.05) is 26.7 Å². The average molecular weight is 269 g/mol. The molecule has 0 atom stereocenters. The third-order valence-electron chi connectivity index (χ3n) is 4.05. The minimum absolute atomic E-state index is 0.198. The monoisotopic (exact) mass is 269 g/mol. The summed E-state index contributed by atoms with van der Waals surface area (Å²) in [5.41, 5.74) is -0.826. The highest BCUT2D eigenvalue weighted by atomic mass is 16.4. The standard InChI is InChI=1S/C12H19N3O4/c1-3-6-15-10(17)13(2)9(16)12(15)4-7-14(8-5-12)11(18)19/h3-8H2,1-2H3,(H,18,19). The minimum atomic E-state index is -0.970. The fourth-order valence-electron chi connectivity index (χ4n) is 2.96. The van der Waals surface area contributed by atoms with Gasteiger partial charge in [0.2, 0.25) is 0 Å². The molecule has 0 aromatic rings. The molecule has 0 bridgehead atoms. The molecule has 2 aliphatic rings. The quantitative estimate of drug-likeness (QED) is 0.752. The number of urea groups is 1. The van der Waals surface area contributed by atoms with E-state index in [1.165, 1.54) is 11.9 Å². The van der Waals surface area contributed by atoms with E-state index in [0.717, 1.165) is 11.3 Å². The zero-order valence-electron chi connectivity index (χ0n) is 11.3. The zero-order valence-corrected chi connectivity index (χ0v) is 11.3. The Morgan fingerprint density at radius 1 is 1.32 bits per heavy atom. The van der Waals surface area contributed by atoms with Crippen LogP contribution < -0.4 is 0 Å². The number of nitrogens with zero attached hydrogens (tertiary/aromatic N) is 3. The number of hydrogen-bond donors (Lipinski definition) is 1. The SMILES string of the molecule is CCCN1C(=O)N(C)C(=O)C12CCN(C(=O)O)CC2. The van der Waals surface area contributed by atoms with Crippen LogP contribution in [0.25, 0.3) is 0 Å². The maximum Gasteiger partial charge on any atom is 0.407 e. The van der Waals surface area contributed by atoms with E-state index < -0.39 is 11.6 Å². The average Bonchev–Trinajstić information content (AvgIpc) is 2.56. The van der Waals surface area contributed by atoms with Gasteiger partial charge in [-0.05, 0) is 19.3 Å². The lowest BCUT2D eigenvalue weighted by atomic mass is 9.86. The number of carbonyl (C=O) groups is 3. The topological polar surface area (TPSA) is 81.2 Å². The summed E-state index contributed by atoms with van der Waals surface area (Å²) in [5, 5.41) is 8.96. The predicted octanol–water partition coefficient (Wildman–Crippen LogP) is 0.803. The summed E-state index contributed by atoms with van der Waals surface area (Å²) in [4.78, 5) is 39.4. The number of likely N-dealkylation sites (N-methyl/N-ethyl adjacent to an activating group) is 1. The van der Waals surface area contributed by atoms with Gasteiger partial charge in [0.05, 0.1) is 0 Å². The van der Waals surface area contributed by atoms with Crippen molar-refractivity contribution in [3.05, 3.63) is 0 Å². The second kappa shape index (κ2) is 4.71. The highest BCUT2D eigenvalue weighted by molar-refractivity contribution is 6.06. The molecule has 2 aliphatic heterocycles. The summed E-state index contributed by atoms with van der Waals surface area (Å²) in [6.45, 7) is 3.07. The molecular formula is C12H19N3O4. The second-order valence-electron chi connectivity index (χ2n) is 5.10. The van der Waals surface area contributed by atoms with Gasteiger partial charge < -0.3 is 14.9 Å². The summed E-state index contributed by atoms with van der Waals surface area (Å²) in [6, 6.07) is -0.268. The molecule has 106 valence electrons. The number of imide groups is 1. The van der Waals surface area contributed by atoms with Crippen LogP contribution in [0.4, 0.5) is 9.59 Å². The van der Waals surface area contributed by atoms with E-state index in [1.54, 1.807) is 4.90 Å². The maximum absolute atomic E-state index is 12.4. The molecule has 2 rings (SSSR count). The minimum Gasteiger partial charge on any atom is -0.465 e. The molecule has 0 aliphatic carbocycles. The number of piperidine rings is 1. The van der Waals surface area contributed by atoms with Crippen molar-refractivity contribution < 1.29 is 19.5 Å². The van der Waals surface area contributed by atoms with Crippen molar-refractivity contribution in [2.45, 2.75) is 31.7 Å². The normalized spacial score (nSPS) is 22.5. The number of amides is 4. The lowest BCUT2D eigenvalue weighted by Gasteiger charge is -2.41. The first-order valence-electron chi connectivity index (χ1n) is 6.51. The molecular weight excluding hydrogens is 250 g/mol. The highest BCUT2D eigenvalue weighted by Gasteiger charge is 2.56. The van der Waals surface area contributed by atoms with Crippen molar-refractivity contribution in [1.29, 1.82) is 0 Å². The highest BCUT2D eigenvalue weighted by Crippen LogP contribution is 2.36. The van der Waals surface area contributed by atoms with Crippen molar-refractivity contribution in [3.63, 3.8) is 0 Å². The molecule has 2 saturated heterocycles. The van der Waals surface area contributed by atoms with Gasteiger partial charge in [0.15, 0.2) is 0 Å². The van der Waals surface area contributed by atoms with Gasteiger partial charge in [0.1, 0.15) is 5.54 Å². The molecule has 7 heteroatoms. The third-order valence-corrected chi connectivity index (χ3v) is 4.05. The molecule has 0 aromatic heterocycles. The van der Waals surface area contributed by atoms with Crippen LogP contribution in [0.1, 0.15) is 26.2 Å². The molecule has 2 heterocycles. The Hall–Kier alpha value is -1.79. The van der Waals surface area contributed by atoms with Crippen LogP contribution in [-0.2, 0) is 4.79 Å². The maximum atomic E-state index is 12.4. The van der Waals surface area contributed by atoms with Crippen molar-refractivity contribution in [1.82, 2.24) is 14.7 Å². The number of hydrogen-bond acceptors (Lipinski definition) is 3. The lowest BCUT2D eigenvalue weighted by molar-refractivity contribution is -0.134. The van der Waals surface area contributed by atoms with Crippen molar-refractivity contribution in [2.24, 2.45) is 0 Å². The van der Waals surface area contributed by atoms with Gasteiger partial charge in [-0.1, -0.05) is 6.92 Å². The van der Waals surface area contributed by atoms with Gasteiger partial charge in [-0.25, -0.2) is 9.59 Å². The Bertz CT molecular complexity index is 415. The van der Waals surface area contributed by atoms with Gasteiger partial charge >= 0.3 is 12.1 Å². The Morgan fingerprint density at radius 3 is 2.37 bits per heavy atom.